The molecule has 10 heavy (non-hydrogen) atoms. The molecule has 0 saturated heterocycles. The van der Waals surface area contributed by atoms with Crippen molar-refractivity contribution < 1.29 is 0 Å². The molecule has 0 spiro atoms. The Kier molecular flexibility index (Phi) is 4.19. The SMILES string of the molecule is CC#CC(C)(CC)CCC. The van der Waals surface area contributed by atoms with E-state index >= 15 is 0 Å². The van der Waals surface area contributed by atoms with E-state index in [2.05, 4.69) is 32.6 Å². The minimum absolute atomic E-state index is 0.281. The maximum Gasteiger partial charge on any atom is 0.0283 e. The van der Waals surface area contributed by atoms with Gasteiger partial charge in [-0.05, 0) is 26.7 Å². The second-order valence-corrected chi connectivity index (χ2v) is 3.04. The lowest BCUT2D eigenvalue weighted by atomic mass is 9.84. The maximum absolute atomic E-state index is 3.26. The topological polar surface area (TPSA) is 0 Å². The highest BCUT2D eigenvalue weighted by molar-refractivity contribution is 5.07. The lowest BCUT2D eigenvalue weighted by Crippen LogP contribution is -2.11. The molecule has 0 aromatic rings. The van der Waals surface area contributed by atoms with Gasteiger partial charge in [0.05, 0.1) is 0 Å². The fourth-order valence-electron chi connectivity index (χ4n) is 1.18. The molecule has 0 nitrogen and oxygen atoms in total. The minimum atomic E-state index is 0.281. The van der Waals surface area contributed by atoms with Gasteiger partial charge in [0.15, 0.2) is 0 Å². The van der Waals surface area contributed by atoms with Gasteiger partial charge in [-0.25, -0.2) is 0 Å². The third-order valence-electron chi connectivity index (χ3n) is 2.01. The molecule has 0 N–H and O–H groups in total. The van der Waals surface area contributed by atoms with Crippen LogP contribution in [0, 0.1) is 17.3 Å². The zero-order chi connectivity index (χ0) is 8.04. The molecule has 0 amide bonds. The maximum atomic E-state index is 3.26. The summed E-state index contributed by atoms with van der Waals surface area (Å²) in [7, 11) is 0. The molecule has 0 radical (unpaired) electrons. The van der Waals surface area contributed by atoms with E-state index in [-0.39, 0.29) is 5.41 Å². The summed E-state index contributed by atoms with van der Waals surface area (Å²) in [6.07, 6.45) is 3.63. The monoisotopic (exact) mass is 138 g/mol. The van der Waals surface area contributed by atoms with Crippen molar-refractivity contribution in [3.8, 4) is 11.8 Å². The standard InChI is InChI=1S/C10H18/c1-5-8-10(4,7-3)9-6-2/h5,7-8H2,1-4H3. The molecule has 0 aliphatic carbocycles. The van der Waals surface area contributed by atoms with E-state index in [0.29, 0.717) is 0 Å². The molecule has 0 saturated carbocycles. The summed E-state index contributed by atoms with van der Waals surface area (Å²) in [5, 5.41) is 0. The van der Waals surface area contributed by atoms with Crippen LogP contribution in [0.4, 0.5) is 0 Å². The smallest absolute Gasteiger partial charge is 0.0283 e. The van der Waals surface area contributed by atoms with Crippen molar-refractivity contribution >= 4 is 0 Å². The summed E-state index contributed by atoms with van der Waals surface area (Å²) >= 11 is 0. The normalized spacial score (nSPS) is 15.2. The number of rotatable bonds is 3. The van der Waals surface area contributed by atoms with E-state index in [1.54, 1.807) is 0 Å². The number of hydrogen-bond donors (Lipinski definition) is 0. The minimum Gasteiger partial charge on any atom is -0.106 e. The van der Waals surface area contributed by atoms with Crippen molar-refractivity contribution in [2.24, 2.45) is 5.41 Å². The average molecular weight is 138 g/mol. The van der Waals surface area contributed by atoms with Gasteiger partial charge in [-0.15, -0.1) is 5.92 Å². The van der Waals surface area contributed by atoms with Crippen LogP contribution in [0.2, 0.25) is 0 Å². The van der Waals surface area contributed by atoms with Crippen molar-refractivity contribution in [2.45, 2.75) is 47.0 Å². The van der Waals surface area contributed by atoms with E-state index in [9.17, 15) is 0 Å². The molecule has 58 valence electrons. The molecular formula is C10H18. The van der Waals surface area contributed by atoms with Gasteiger partial charge in [0.25, 0.3) is 0 Å². The zero-order valence-electron chi connectivity index (χ0n) is 7.62. The summed E-state index contributed by atoms with van der Waals surface area (Å²) in [5.41, 5.74) is 0.281. The van der Waals surface area contributed by atoms with E-state index in [1.165, 1.54) is 19.3 Å². The first-order valence-corrected chi connectivity index (χ1v) is 4.12. The van der Waals surface area contributed by atoms with E-state index in [1.807, 2.05) is 6.92 Å². The van der Waals surface area contributed by atoms with Gasteiger partial charge in [-0.1, -0.05) is 26.2 Å². The largest absolute Gasteiger partial charge is 0.106 e. The van der Waals surface area contributed by atoms with Crippen molar-refractivity contribution in [3.63, 3.8) is 0 Å². The van der Waals surface area contributed by atoms with Crippen LogP contribution in [0.15, 0.2) is 0 Å². The second-order valence-electron chi connectivity index (χ2n) is 3.04. The first kappa shape index (κ1) is 9.56. The molecule has 0 aromatic carbocycles. The Balaban J connectivity index is 4.03. The van der Waals surface area contributed by atoms with Crippen LogP contribution in [-0.4, -0.2) is 0 Å². The first-order chi connectivity index (χ1) is 4.68. The molecule has 1 unspecified atom stereocenters. The highest BCUT2D eigenvalue weighted by Crippen LogP contribution is 2.25. The molecule has 0 fully saturated rings. The molecule has 0 heterocycles. The third kappa shape index (κ3) is 2.92. The van der Waals surface area contributed by atoms with Crippen LogP contribution in [0.25, 0.3) is 0 Å². The fourth-order valence-corrected chi connectivity index (χ4v) is 1.18. The average Bonchev–Trinajstić information content (AvgIpc) is 1.89. The van der Waals surface area contributed by atoms with Gasteiger partial charge < -0.3 is 0 Å². The van der Waals surface area contributed by atoms with Gasteiger partial charge in [-0.3, -0.25) is 0 Å². The quantitative estimate of drug-likeness (QED) is 0.525. The van der Waals surface area contributed by atoms with Gasteiger partial charge in [0.2, 0.25) is 0 Å². The molecule has 0 bridgehead atoms. The van der Waals surface area contributed by atoms with Gasteiger partial charge in [-0.2, -0.15) is 0 Å². The van der Waals surface area contributed by atoms with Crippen LogP contribution in [0.1, 0.15) is 47.0 Å². The molecule has 0 rings (SSSR count). The van der Waals surface area contributed by atoms with Crippen molar-refractivity contribution in [1.82, 2.24) is 0 Å². The van der Waals surface area contributed by atoms with Crippen molar-refractivity contribution in [2.75, 3.05) is 0 Å². The highest BCUT2D eigenvalue weighted by atomic mass is 14.2. The van der Waals surface area contributed by atoms with Crippen molar-refractivity contribution in [3.05, 3.63) is 0 Å². The Labute approximate surface area is 65.0 Å². The molecule has 1 atom stereocenters. The summed E-state index contributed by atoms with van der Waals surface area (Å²) in [6, 6.07) is 0. The van der Waals surface area contributed by atoms with Crippen LogP contribution in [0.5, 0.6) is 0 Å². The molecule has 0 aromatic heterocycles. The van der Waals surface area contributed by atoms with E-state index < -0.39 is 0 Å². The van der Waals surface area contributed by atoms with Gasteiger partial charge in [0.1, 0.15) is 0 Å². The second kappa shape index (κ2) is 4.39. The van der Waals surface area contributed by atoms with Crippen LogP contribution >= 0.6 is 0 Å². The third-order valence-corrected chi connectivity index (χ3v) is 2.01. The lowest BCUT2D eigenvalue weighted by molar-refractivity contribution is 0.391. The number of hydrogen-bond acceptors (Lipinski definition) is 0. The van der Waals surface area contributed by atoms with Crippen LogP contribution < -0.4 is 0 Å². The Bertz CT molecular complexity index is 136. The summed E-state index contributed by atoms with van der Waals surface area (Å²) in [6.45, 7) is 8.59. The Morgan fingerprint density at radius 1 is 1.30 bits per heavy atom. The van der Waals surface area contributed by atoms with Crippen LogP contribution in [0.3, 0.4) is 0 Å². The molecule has 0 heteroatoms. The molecule has 0 aliphatic rings. The highest BCUT2D eigenvalue weighted by Gasteiger charge is 2.16. The Morgan fingerprint density at radius 3 is 2.20 bits per heavy atom. The van der Waals surface area contributed by atoms with Crippen molar-refractivity contribution in [1.29, 1.82) is 0 Å². The Hall–Kier alpha value is -0.440. The molecule has 0 aliphatic heterocycles. The van der Waals surface area contributed by atoms with Gasteiger partial charge >= 0.3 is 0 Å². The zero-order valence-corrected chi connectivity index (χ0v) is 7.62. The fraction of sp³-hybridized carbons (Fsp3) is 0.800. The van der Waals surface area contributed by atoms with E-state index in [4.69, 9.17) is 0 Å². The summed E-state index contributed by atoms with van der Waals surface area (Å²) < 4.78 is 0. The van der Waals surface area contributed by atoms with E-state index in [0.717, 1.165) is 0 Å². The lowest BCUT2D eigenvalue weighted by Gasteiger charge is -2.20. The Morgan fingerprint density at radius 2 is 1.90 bits per heavy atom. The van der Waals surface area contributed by atoms with Crippen LogP contribution in [-0.2, 0) is 0 Å². The summed E-state index contributed by atoms with van der Waals surface area (Å²) in [4.78, 5) is 0. The predicted octanol–water partition coefficient (Wildman–Crippen LogP) is 3.23. The summed E-state index contributed by atoms with van der Waals surface area (Å²) in [5.74, 6) is 6.25. The molecular weight excluding hydrogens is 120 g/mol. The predicted molar refractivity (Wildman–Crippen MR) is 46.8 cm³/mol. The first-order valence-electron chi connectivity index (χ1n) is 4.12. The van der Waals surface area contributed by atoms with Gasteiger partial charge in [0, 0.05) is 5.41 Å².